The second-order valence-electron chi connectivity index (χ2n) is 9.26. The van der Waals surface area contributed by atoms with E-state index in [1.54, 1.807) is 23.9 Å². The van der Waals surface area contributed by atoms with Crippen molar-refractivity contribution < 1.29 is 19.4 Å². The highest BCUT2D eigenvalue weighted by molar-refractivity contribution is 5.94. The largest absolute Gasteiger partial charge is 0.452 e. The van der Waals surface area contributed by atoms with Crippen molar-refractivity contribution in [3.63, 3.8) is 0 Å². The van der Waals surface area contributed by atoms with E-state index in [9.17, 15) is 14.7 Å². The zero-order valence-corrected chi connectivity index (χ0v) is 16.3. The number of amides is 1. The molecule has 0 saturated heterocycles. The van der Waals surface area contributed by atoms with Gasteiger partial charge in [0.05, 0.1) is 17.2 Å². The predicted octanol–water partition coefficient (Wildman–Crippen LogP) is 2.67. The molecule has 1 aromatic rings. The fourth-order valence-corrected chi connectivity index (χ4v) is 5.84. The molecule has 1 aromatic heterocycles. The van der Waals surface area contributed by atoms with Crippen LogP contribution in [0.2, 0.25) is 0 Å². The SMILES string of the molecule is CC(C)n1nccc1NC(=O)[C@H](C)OC(=O)C12C[C@@H]3C[C@@H](CC(O)(C3)C1)C2. The van der Waals surface area contributed by atoms with Gasteiger partial charge in [-0.05, 0) is 71.1 Å². The molecule has 1 amide bonds. The fraction of sp³-hybridized carbons (Fsp3) is 0.750. The number of aliphatic hydroxyl groups is 1. The number of hydrogen-bond donors (Lipinski definition) is 2. The van der Waals surface area contributed by atoms with Crippen molar-refractivity contribution >= 4 is 17.7 Å². The third kappa shape index (κ3) is 3.26. The average Bonchev–Trinajstić information content (AvgIpc) is 3.00. The molecule has 4 fully saturated rings. The molecule has 4 saturated carbocycles. The molecule has 4 aliphatic rings. The van der Waals surface area contributed by atoms with E-state index in [4.69, 9.17) is 4.74 Å². The van der Waals surface area contributed by atoms with E-state index in [1.807, 2.05) is 13.8 Å². The summed E-state index contributed by atoms with van der Waals surface area (Å²) in [5.41, 5.74) is -1.34. The fourth-order valence-electron chi connectivity index (χ4n) is 5.84. The Morgan fingerprint density at radius 2 is 1.93 bits per heavy atom. The number of hydrogen-bond acceptors (Lipinski definition) is 5. The van der Waals surface area contributed by atoms with Gasteiger partial charge in [-0.1, -0.05) is 0 Å². The Hall–Kier alpha value is -1.89. The molecule has 0 aromatic carbocycles. The minimum atomic E-state index is -0.893. The topological polar surface area (TPSA) is 93.5 Å². The first-order valence-electron chi connectivity index (χ1n) is 9.98. The summed E-state index contributed by atoms with van der Waals surface area (Å²) < 4.78 is 7.31. The highest BCUT2D eigenvalue weighted by atomic mass is 16.5. The van der Waals surface area contributed by atoms with Crippen LogP contribution in [0.1, 0.15) is 65.3 Å². The van der Waals surface area contributed by atoms with Gasteiger partial charge in [-0.25, -0.2) is 4.68 Å². The van der Waals surface area contributed by atoms with Gasteiger partial charge in [-0.3, -0.25) is 9.59 Å². The zero-order valence-electron chi connectivity index (χ0n) is 16.3. The summed E-state index contributed by atoms with van der Waals surface area (Å²) in [6.45, 7) is 5.55. The molecule has 4 aliphatic carbocycles. The first-order valence-corrected chi connectivity index (χ1v) is 9.98. The van der Waals surface area contributed by atoms with E-state index >= 15 is 0 Å². The van der Waals surface area contributed by atoms with Crippen molar-refractivity contribution in [2.45, 2.75) is 77.0 Å². The first-order chi connectivity index (χ1) is 12.7. The summed E-state index contributed by atoms with van der Waals surface area (Å²) >= 11 is 0. The number of esters is 1. The summed E-state index contributed by atoms with van der Waals surface area (Å²) in [6, 6.07) is 1.84. The molecule has 1 heterocycles. The molecule has 5 atom stereocenters. The van der Waals surface area contributed by atoms with Crippen LogP contribution in [0.5, 0.6) is 0 Å². The van der Waals surface area contributed by atoms with E-state index in [2.05, 4.69) is 10.4 Å². The van der Waals surface area contributed by atoms with Gasteiger partial charge in [0, 0.05) is 12.1 Å². The van der Waals surface area contributed by atoms with E-state index in [0.717, 1.165) is 32.1 Å². The normalized spacial score (nSPS) is 35.3. The molecule has 7 nitrogen and oxygen atoms in total. The molecule has 2 N–H and O–H groups in total. The Bertz CT molecular complexity index is 742. The Labute approximate surface area is 159 Å². The maximum atomic E-state index is 13.0. The Kier molecular flexibility index (Phi) is 4.33. The summed E-state index contributed by atoms with van der Waals surface area (Å²) in [5, 5.41) is 17.8. The number of nitrogens with one attached hydrogen (secondary N) is 1. The van der Waals surface area contributed by atoms with Gasteiger partial charge in [0.1, 0.15) is 5.82 Å². The van der Waals surface area contributed by atoms with Gasteiger partial charge in [0.25, 0.3) is 5.91 Å². The maximum absolute atomic E-state index is 13.0. The van der Waals surface area contributed by atoms with Crippen molar-refractivity contribution in [3.8, 4) is 0 Å². The molecular formula is C20H29N3O4. The molecule has 7 heteroatoms. The third-order valence-corrected chi connectivity index (χ3v) is 6.53. The van der Waals surface area contributed by atoms with Gasteiger partial charge in [-0.2, -0.15) is 5.10 Å². The summed E-state index contributed by atoms with van der Waals surface area (Å²) in [5.74, 6) is 0.688. The van der Waals surface area contributed by atoms with Crippen LogP contribution in [0.4, 0.5) is 5.82 Å². The van der Waals surface area contributed by atoms with Crippen molar-refractivity contribution in [2.75, 3.05) is 5.32 Å². The first kappa shape index (κ1) is 18.5. The van der Waals surface area contributed by atoms with Crippen LogP contribution in [0.15, 0.2) is 12.3 Å². The van der Waals surface area contributed by atoms with Crippen LogP contribution in [-0.2, 0) is 14.3 Å². The number of aromatic nitrogens is 2. The van der Waals surface area contributed by atoms with Crippen LogP contribution in [0.3, 0.4) is 0 Å². The quantitative estimate of drug-likeness (QED) is 0.772. The molecule has 0 radical (unpaired) electrons. The monoisotopic (exact) mass is 375 g/mol. The van der Waals surface area contributed by atoms with Gasteiger partial charge in [0.2, 0.25) is 0 Å². The lowest BCUT2D eigenvalue weighted by molar-refractivity contribution is -0.199. The second kappa shape index (κ2) is 6.33. The lowest BCUT2D eigenvalue weighted by Gasteiger charge is -2.58. The number of carbonyl (C=O) groups is 2. The minimum Gasteiger partial charge on any atom is -0.452 e. The van der Waals surface area contributed by atoms with Gasteiger partial charge < -0.3 is 15.2 Å². The molecule has 0 aliphatic heterocycles. The minimum absolute atomic E-state index is 0.112. The van der Waals surface area contributed by atoms with Gasteiger partial charge in [-0.15, -0.1) is 0 Å². The van der Waals surface area contributed by atoms with Crippen LogP contribution in [0.25, 0.3) is 0 Å². The lowest BCUT2D eigenvalue weighted by atomic mass is 9.48. The molecule has 0 spiro atoms. The molecule has 5 rings (SSSR count). The number of ether oxygens (including phenoxy) is 1. The zero-order chi connectivity index (χ0) is 19.4. The Morgan fingerprint density at radius 1 is 1.26 bits per heavy atom. The van der Waals surface area contributed by atoms with E-state index in [0.29, 0.717) is 24.1 Å². The smallest absolute Gasteiger partial charge is 0.312 e. The van der Waals surface area contributed by atoms with E-state index in [-0.39, 0.29) is 17.9 Å². The number of rotatable bonds is 5. The summed E-state index contributed by atoms with van der Waals surface area (Å²) in [7, 11) is 0. The number of carbonyl (C=O) groups excluding carboxylic acids is 2. The van der Waals surface area contributed by atoms with Gasteiger partial charge >= 0.3 is 5.97 Å². The Balaban J connectivity index is 1.42. The maximum Gasteiger partial charge on any atom is 0.312 e. The van der Waals surface area contributed by atoms with E-state index in [1.165, 1.54) is 0 Å². The van der Waals surface area contributed by atoms with Crippen LogP contribution in [0, 0.1) is 17.3 Å². The van der Waals surface area contributed by atoms with Crippen LogP contribution in [-0.4, -0.2) is 38.5 Å². The summed E-state index contributed by atoms with van der Waals surface area (Å²) in [4.78, 5) is 25.5. The van der Waals surface area contributed by atoms with Crippen LogP contribution >= 0.6 is 0 Å². The van der Waals surface area contributed by atoms with Gasteiger partial charge in [0.15, 0.2) is 6.10 Å². The average molecular weight is 375 g/mol. The number of anilines is 1. The number of nitrogens with zero attached hydrogens (tertiary/aromatic N) is 2. The molecule has 2 unspecified atom stereocenters. The lowest BCUT2D eigenvalue weighted by Crippen LogP contribution is -2.59. The van der Waals surface area contributed by atoms with Crippen molar-refractivity contribution in [2.24, 2.45) is 17.3 Å². The molecular weight excluding hydrogens is 346 g/mol. The third-order valence-electron chi connectivity index (χ3n) is 6.53. The highest BCUT2D eigenvalue weighted by Gasteiger charge is 2.61. The second-order valence-corrected chi connectivity index (χ2v) is 9.26. The van der Waals surface area contributed by atoms with Crippen molar-refractivity contribution in [1.29, 1.82) is 0 Å². The van der Waals surface area contributed by atoms with Crippen molar-refractivity contribution in [3.05, 3.63) is 12.3 Å². The van der Waals surface area contributed by atoms with E-state index < -0.39 is 17.1 Å². The molecule has 148 valence electrons. The summed E-state index contributed by atoms with van der Waals surface area (Å²) in [6.07, 6.45) is 5.46. The van der Waals surface area contributed by atoms with Crippen molar-refractivity contribution in [1.82, 2.24) is 9.78 Å². The standard InChI is InChI=1S/C20H29N3O4/c1-12(2)23-16(4-5-21-23)22-17(24)13(3)27-18(25)19-7-14-6-15(8-19)10-20(26,9-14)11-19/h4-5,12-15,26H,6-11H2,1-3H3,(H,22,24)/t13-,14-,15+,19?,20?/m0/s1. The highest BCUT2D eigenvalue weighted by Crippen LogP contribution is 2.62. The molecule has 27 heavy (non-hydrogen) atoms. The Morgan fingerprint density at radius 3 is 2.52 bits per heavy atom. The predicted molar refractivity (Wildman–Crippen MR) is 98.9 cm³/mol. The molecule has 4 bridgehead atoms. The van der Waals surface area contributed by atoms with Crippen LogP contribution < -0.4 is 5.32 Å².